The molecule has 1 heterocycles. The van der Waals surface area contributed by atoms with Gasteiger partial charge < -0.3 is 9.80 Å². The van der Waals surface area contributed by atoms with Crippen molar-refractivity contribution in [2.45, 2.75) is 6.92 Å². The third-order valence-corrected chi connectivity index (χ3v) is 4.63. The van der Waals surface area contributed by atoms with E-state index in [9.17, 15) is 25.0 Å². The number of anilines is 1. The largest absolute Gasteiger partial charge is 0.368 e. The molecule has 0 N–H and O–H groups in total. The van der Waals surface area contributed by atoms with Gasteiger partial charge in [-0.2, -0.15) is 0 Å². The van der Waals surface area contributed by atoms with Crippen molar-refractivity contribution in [3.8, 4) is 0 Å². The zero-order chi connectivity index (χ0) is 19.6. The molecule has 3 rings (SSSR count). The van der Waals surface area contributed by atoms with Crippen LogP contribution < -0.4 is 4.90 Å². The highest BCUT2D eigenvalue weighted by molar-refractivity contribution is 5.94. The number of nitro groups is 2. The lowest BCUT2D eigenvalue weighted by atomic mass is 10.1. The summed E-state index contributed by atoms with van der Waals surface area (Å²) in [5.41, 5.74) is 1.94. The molecule has 0 spiro atoms. The summed E-state index contributed by atoms with van der Waals surface area (Å²) in [6.45, 7) is 3.93. The Morgan fingerprint density at radius 3 is 2.07 bits per heavy atom. The van der Waals surface area contributed by atoms with E-state index in [4.69, 9.17) is 0 Å². The minimum absolute atomic E-state index is 0.0510. The van der Waals surface area contributed by atoms with Crippen molar-refractivity contribution in [3.63, 3.8) is 0 Å². The van der Waals surface area contributed by atoms with Gasteiger partial charge in [-0.1, -0.05) is 0 Å². The van der Waals surface area contributed by atoms with Gasteiger partial charge in [0.2, 0.25) is 0 Å². The summed E-state index contributed by atoms with van der Waals surface area (Å²) in [7, 11) is 0. The maximum atomic E-state index is 12.6. The molecule has 0 atom stereocenters. The van der Waals surface area contributed by atoms with Gasteiger partial charge in [0, 0.05) is 61.2 Å². The van der Waals surface area contributed by atoms with Gasteiger partial charge in [-0.25, -0.2) is 0 Å². The van der Waals surface area contributed by atoms with Crippen molar-refractivity contribution < 1.29 is 14.6 Å². The number of non-ortho nitro benzene ring substituents is 1. The highest BCUT2D eigenvalue weighted by Gasteiger charge is 2.23. The van der Waals surface area contributed by atoms with Crippen LogP contribution >= 0.6 is 0 Å². The van der Waals surface area contributed by atoms with E-state index in [2.05, 4.69) is 4.90 Å². The van der Waals surface area contributed by atoms with Crippen LogP contribution in [0.4, 0.5) is 17.1 Å². The summed E-state index contributed by atoms with van der Waals surface area (Å²) in [5, 5.41) is 21.6. The van der Waals surface area contributed by atoms with E-state index in [1.165, 1.54) is 30.3 Å². The van der Waals surface area contributed by atoms with Gasteiger partial charge in [0.25, 0.3) is 17.3 Å². The van der Waals surface area contributed by atoms with E-state index in [1.807, 2.05) is 0 Å². The fourth-order valence-electron chi connectivity index (χ4n) is 3.12. The lowest BCUT2D eigenvalue weighted by Crippen LogP contribution is -2.48. The summed E-state index contributed by atoms with van der Waals surface area (Å²) in [4.78, 5) is 37.1. The molecule has 1 saturated heterocycles. The van der Waals surface area contributed by atoms with Crippen LogP contribution in [0.15, 0.2) is 42.5 Å². The molecule has 9 nitrogen and oxygen atoms in total. The molecular formula is C18H18N4O5. The van der Waals surface area contributed by atoms with Gasteiger partial charge >= 0.3 is 0 Å². The number of aryl methyl sites for hydroxylation is 1. The second kappa shape index (κ2) is 7.40. The third kappa shape index (κ3) is 3.86. The molecule has 1 aliphatic rings. The van der Waals surface area contributed by atoms with Gasteiger partial charge in [0.1, 0.15) is 0 Å². The molecule has 0 unspecified atom stereocenters. The molecule has 1 fully saturated rings. The van der Waals surface area contributed by atoms with E-state index in [1.54, 1.807) is 24.0 Å². The summed E-state index contributed by atoms with van der Waals surface area (Å²) in [5.74, 6) is -0.163. The van der Waals surface area contributed by atoms with Crippen molar-refractivity contribution in [2.75, 3.05) is 31.1 Å². The highest BCUT2D eigenvalue weighted by Crippen LogP contribution is 2.25. The number of benzene rings is 2. The van der Waals surface area contributed by atoms with Gasteiger partial charge in [0.15, 0.2) is 0 Å². The van der Waals surface area contributed by atoms with E-state index in [0.717, 1.165) is 5.69 Å². The van der Waals surface area contributed by atoms with Crippen LogP contribution in [-0.4, -0.2) is 46.8 Å². The van der Waals surface area contributed by atoms with Gasteiger partial charge in [0.05, 0.1) is 9.85 Å². The first-order valence-electron chi connectivity index (χ1n) is 8.40. The third-order valence-electron chi connectivity index (χ3n) is 4.63. The molecule has 0 aromatic heterocycles. The summed E-state index contributed by atoms with van der Waals surface area (Å²) in [6.07, 6.45) is 0. The Labute approximate surface area is 155 Å². The van der Waals surface area contributed by atoms with Crippen molar-refractivity contribution in [3.05, 3.63) is 73.8 Å². The van der Waals surface area contributed by atoms with Crippen LogP contribution in [0.2, 0.25) is 0 Å². The number of carbonyl (C=O) groups is 1. The van der Waals surface area contributed by atoms with Gasteiger partial charge in [-0.05, 0) is 31.2 Å². The Morgan fingerprint density at radius 2 is 1.56 bits per heavy atom. The van der Waals surface area contributed by atoms with Gasteiger partial charge in [-0.3, -0.25) is 25.0 Å². The molecule has 2 aromatic rings. The Bertz CT molecular complexity index is 889. The Balaban J connectivity index is 1.64. The molecule has 9 heteroatoms. The summed E-state index contributed by atoms with van der Waals surface area (Å²) in [6, 6.07) is 10.6. The summed E-state index contributed by atoms with van der Waals surface area (Å²) >= 11 is 0. The van der Waals surface area contributed by atoms with E-state index < -0.39 is 9.85 Å². The SMILES string of the molecule is Cc1cc(N2CCN(C(=O)c3ccc([N+](=O)[O-])cc3)CC2)ccc1[N+](=O)[O-]. The van der Waals surface area contributed by atoms with Crippen molar-refractivity contribution in [1.82, 2.24) is 4.90 Å². The second-order valence-corrected chi connectivity index (χ2v) is 6.31. The number of hydrogen-bond donors (Lipinski definition) is 0. The molecule has 0 aliphatic carbocycles. The number of nitro benzene ring substituents is 2. The normalized spacial score (nSPS) is 14.1. The average Bonchev–Trinajstić information content (AvgIpc) is 2.67. The maximum Gasteiger partial charge on any atom is 0.272 e. The Kier molecular flexibility index (Phi) is 5.02. The number of nitrogens with zero attached hydrogens (tertiary/aromatic N) is 4. The van der Waals surface area contributed by atoms with E-state index in [0.29, 0.717) is 37.3 Å². The molecular weight excluding hydrogens is 352 g/mol. The van der Waals surface area contributed by atoms with Crippen LogP contribution in [0.1, 0.15) is 15.9 Å². The van der Waals surface area contributed by atoms with Crippen molar-refractivity contribution in [2.24, 2.45) is 0 Å². The van der Waals surface area contributed by atoms with Crippen LogP contribution in [0.3, 0.4) is 0 Å². The molecule has 0 radical (unpaired) electrons. The molecule has 1 amide bonds. The Morgan fingerprint density at radius 1 is 0.926 bits per heavy atom. The van der Waals surface area contributed by atoms with Crippen molar-refractivity contribution >= 4 is 23.0 Å². The number of carbonyl (C=O) groups excluding carboxylic acids is 1. The minimum atomic E-state index is -0.501. The van der Waals surface area contributed by atoms with Gasteiger partial charge in [-0.15, -0.1) is 0 Å². The fraction of sp³-hybridized carbons (Fsp3) is 0.278. The molecule has 0 saturated carbocycles. The lowest BCUT2D eigenvalue weighted by molar-refractivity contribution is -0.385. The highest BCUT2D eigenvalue weighted by atomic mass is 16.6. The first-order valence-corrected chi connectivity index (χ1v) is 8.40. The standard InChI is InChI=1S/C18H18N4O5/c1-13-12-16(6-7-17(13)22(26)27)19-8-10-20(11-9-19)18(23)14-2-4-15(5-3-14)21(24)25/h2-7,12H,8-11H2,1H3. The molecule has 1 aliphatic heterocycles. The maximum absolute atomic E-state index is 12.6. The Hall–Kier alpha value is -3.49. The predicted octanol–water partition coefficient (Wildman–Crippen LogP) is 2.77. The molecule has 27 heavy (non-hydrogen) atoms. The lowest BCUT2D eigenvalue weighted by Gasteiger charge is -2.36. The molecule has 0 bridgehead atoms. The fourth-order valence-corrected chi connectivity index (χ4v) is 3.12. The van der Waals surface area contributed by atoms with Crippen LogP contribution in [0.5, 0.6) is 0 Å². The number of hydrogen-bond acceptors (Lipinski definition) is 6. The first kappa shape index (κ1) is 18.3. The minimum Gasteiger partial charge on any atom is -0.368 e. The smallest absolute Gasteiger partial charge is 0.272 e. The summed E-state index contributed by atoms with van der Waals surface area (Å²) < 4.78 is 0. The van der Waals surface area contributed by atoms with Crippen LogP contribution in [-0.2, 0) is 0 Å². The first-order chi connectivity index (χ1) is 12.9. The van der Waals surface area contributed by atoms with Crippen LogP contribution in [0, 0.1) is 27.2 Å². The van der Waals surface area contributed by atoms with E-state index >= 15 is 0 Å². The molecule has 140 valence electrons. The number of amides is 1. The second-order valence-electron chi connectivity index (χ2n) is 6.31. The zero-order valence-electron chi connectivity index (χ0n) is 14.7. The molecule has 2 aromatic carbocycles. The monoisotopic (exact) mass is 370 g/mol. The topological polar surface area (TPSA) is 110 Å². The zero-order valence-corrected chi connectivity index (χ0v) is 14.7. The average molecular weight is 370 g/mol. The van der Waals surface area contributed by atoms with E-state index in [-0.39, 0.29) is 17.3 Å². The quantitative estimate of drug-likeness (QED) is 0.604. The van der Waals surface area contributed by atoms with Crippen molar-refractivity contribution in [1.29, 1.82) is 0 Å². The predicted molar refractivity (Wildman–Crippen MR) is 99.0 cm³/mol. The number of rotatable bonds is 4. The van der Waals surface area contributed by atoms with Crippen LogP contribution in [0.25, 0.3) is 0 Å². The number of piperazine rings is 1.